The van der Waals surface area contributed by atoms with Crippen molar-refractivity contribution in [2.24, 2.45) is 11.8 Å². The van der Waals surface area contributed by atoms with Crippen molar-refractivity contribution in [2.45, 2.75) is 18.4 Å². The van der Waals surface area contributed by atoms with E-state index in [0.717, 1.165) is 26.2 Å². The highest BCUT2D eigenvalue weighted by atomic mass is 16.5. The Hall–Kier alpha value is -3.48. The molecule has 2 heterocycles. The number of methoxy groups -OCH3 is 2. The van der Waals surface area contributed by atoms with E-state index in [1.165, 1.54) is 30.9 Å². The first-order valence-corrected chi connectivity index (χ1v) is 12.8. The minimum absolute atomic E-state index is 0.0441. The number of benzene rings is 3. The Kier molecular flexibility index (Phi) is 9.46. The van der Waals surface area contributed by atoms with Crippen LogP contribution in [0.4, 0.5) is 0 Å². The molecule has 0 radical (unpaired) electrons. The number of esters is 2. The third kappa shape index (κ3) is 6.85. The highest BCUT2D eigenvalue weighted by Gasteiger charge is 2.39. The molecule has 2 aliphatic rings. The summed E-state index contributed by atoms with van der Waals surface area (Å²) in [6.07, 6.45) is 0. The summed E-state index contributed by atoms with van der Waals surface area (Å²) in [5, 5.41) is 3.24. The molecule has 0 aromatic heterocycles. The van der Waals surface area contributed by atoms with Crippen molar-refractivity contribution >= 4 is 11.9 Å². The maximum Gasteiger partial charge on any atom is 0.310 e. The van der Waals surface area contributed by atoms with Crippen LogP contribution in [0.15, 0.2) is 91.0 Å². The van der Waals surface area contributed by atoms with E-state index in [0.29, 0.717) is 6.54 Å². The molecule has 3 aromatic rings. The number of carbonyl (C=O) groups excluding carboxylic acids is 2. The van der Waals surface area contributed by atoms with Gasteiger partial charge >= 0.3 is 11.9 Å². The molecule has 5 rings (SSSR count). The molecule has 2 aliphatic heterocycles. The molecule has 0 spiro atoms. The van der Waals surface area contributed by atoms with Gasteiger partial charge in [0, 0.05) is 44.6 Å². The van der Waals surface area contributed by atoms with E-state index in [-0.39, 0.29) is 35.6 Å². The molecule has 6 heteroatoms. The van der Waals surface area contributed by atoms with E-state index in [9.17, 15) is 9.59 Å². The Morgan fingerprint density at radius 3 is 1.78 bits per heavy atom. The van der Waals surface area contributed by atoms with Gasteiger partial charge in [-0.25, -0.2) is 0 Å². The molecule has 0 bridgehead atoms. The van der Waals surface area contributed by atoms with Gasteiger partial charge in [-0.3, -0.25) is 14.5 Å². The molecule has 0 aliphatic carbocycles. The zero-order valence-corrected chi connectivity index (χ0v) is 21.6. The van der Waals surface area contributed by atoms with Crippen LogP contribution in [0.1, 0.15) is 28.5 Å². The number of ether oxygens (including phenoxy) is 2. The molecule has 2 saturated heterocycles. The summed E-state index contributed by atoms with van der Waals surface area (Å²) in [6, 6.07) is 30.8. The predicted octanol–water partition coefficient (Wildman–Crippen LogP) is 4.24. The van der Waals surface area contributed by atoms with E-state index >= 15 is 0 Å². The van der Waals surface area contributed by atoms with Crippen LogP contribution in [0.5, 0.6) is 0 Å². The van der Waals surface area contributed by atoms with Gasteiger partial charge in [0.1, 0.15) is 0 Å². The molecule has 37 heavy (non-hydrogen) atoms. The fraction of sp³-hybridized carbons (Fsp3) is 0.355. The first kappa shape index (κ1) is 26.6. The van der Waals surface area contributed by atoms with Crippen LogP contribution in [0.3, 0.4) is 0 Å². The molecule has 194 valence electrons. The normalized spacial score (nSPS) is 23.1. The number of hydrogen-bond acceptors (Lipinski definition) is 6. The van der Waals surface area contributed by atoms with Crippen molar-refractivity contribution in [3.8, 4) is 0 Å². The SMILES string of the molecule is COC(=O)[C@H]1CN(Cc2ccccc2)C[C@@H]1c1ccccc1.COC(=O)[C@H]1CNC[C@@H]1c1ccccc1. The molecule has 0 unspecified atom stereocenters. The average Bonchev–Trinajstić information content (AvgIpc) is 3.62. The van der Waals surface area contributed by atoms with Gasteiger partial charge in [0.2, 0.25) is 0 Å². The van der Waals surface area contributed by atoms with Crippen LogP contribution in [-0.4, -0.2) is 57.2 Å². The monoisotopic (exact) mass is 500 g/mol. The van der Waals surface area contributed by atoms with Gasteiger partial charge in [-0.1, -0.05) is 91.0 Å². The number of rotatable bonds is 6. The van der Waals surface area contributed by atoms with Gasteiger partial charge < -0.3 is 14.8 Å². The zero-order valence-electron chi connectivity index (χ0n) is 21.6. The Morgan fingerprint density at radius 2 is 1.22 bits per heavy atom. The van der Waals surface area contributed by atoms with Gasteiger partial charge in [-0.05, 0) is 16.7 Å². The van der Waals surface area contributed by atoms with Crippen molar-refractivity contribution in [3.63, 3.8) is 0 Å². The molecular weight excluding hydrogens is 464 g/mol. The van der Waals surface area contributed by atoms with Crippen molar-refractivity contribution in [1.29, 1.82) is 0 Å². The third-order valence-electron chi connectivity index (χ3n) is 7.32. The van der Waals surface area contributed by atoms with E-state index in [1.54, 1.807) is 0 Å². The standard InChI is InChI=1S/C19H21NO2.C12H15NO2/c1-22-19(21)18-14-20(12-15-8-4-2-5-9-15)13-17(18)16-10-6-3-7-11-16;1-15-12(14)11-8-13-7-10(11)9-5-3-2-4-6-9/h2-11,17-18H,12-14H2,1H3;2-6,10-11,13H,7-8H2,1H3/t17-,18+;10-,11+/m11/s1. The second kappa shape index (κ2) is 13.2. The van der Waals surface area contributed by atoms with Gasteiger partial charge in [-0.2, -0.15) is 0 Å². The lowest BCUT2D eigenvalue weighted by atomic mass is 9.89. The quantitative estimate of drug-likeness (QED) is 0.511. The maximum atomic E-state index is 12.1. The largest absolute Gasteiger partial charge is 0.469 e. The number of nitrogens with zero attached hydrogens (tertiary/aromatic N) is 1. The first-order chi connectivity index (χ1) is 18.1. The van der Waals surface area contributed by atoms with E-state index in [4.69, 9.17) is 9.47 Å². The molecule has 0 amide bonds. The van der Waals surface area contributed by atoms with Crippen LogP contribution in [0, 0.1) is 11.8 Å². The van der Waals surface area contributed by atoms with Crippen LogP contribution >= 0.6 is 0 Å². The van der Waals surface area contributed by atoms with Crippen molar-refractivity contribution in [2.75, 3.05) is 40.4 Å². The molecule has 3 aromatic carbocycles. The highest BCUT2D eigenvalue weighted by Crippen LogP contribution is 2.34. The lowest BCUT2D eigenvalue weighted by Crippen LogP contribution is -2.24. The lowest BCUT2D eigenvalue weighted by molar-refractivity contribution is -0.146. The van der Waals surface area contributed by atoms with Crippen molar-refractivity contribution < 1.29 is 19.1 Å². The van der Waals surface area contributed by atoms with E-state index in [2.05, 4.69) is 58.7 Å². The molecule has 2 fully saturated rings. The smallest absolute Gasteiger partial charge is 0.310 e. The summed E-state index contributed by atoms with van der Waals surface area (Å²) in [6.45, 7) is 4.08. The minimum atomic E-state index is -0.117. The van der Waals surface area contributed by atoms with Gasteiger partial charge in [0.05, 0.1) is 26.1 Å². The first-order valence-electron chi connectivity index (χ1n) is 12.8. The highest BCUT2D eigenvalue weighted by molar-refractivity contribution is 5.75. The van der Waals surface area contributed by atoms with Crippen LogP contribution in [0.25, 0.3) is 0 Å². The molecule has 0 saturated carbocycles. The Bertz CT molecular complexity index is 1120. The van der Waals surface area contributed by atoms with Gasteiger partial charge in [-0.15, -0.1) is 0 Å². The topological polar surface area (TPSA) is 67.9 Å². The van der Waals surface area contributed by atoms with Gasteiger partial charge in [0.15, 0.2) is 0 Å². The van der Waals surface area contributed by atoms with E-state index in [1.807, 2.05) is 42.5 Å². The van der Waals surface area contributed by atoms with Gasteiger partial charge in [0.25, 0.3) is 0 Å². The lowest BCUT2D eigenvalue weighted by Gasteiger charge is -2.16. The maximum absolute atomic E-state index is 12.1. The minimum Gasteiger partial charge on any atom is -0.469 e. The summed E-state index contributed by atoms with van der Waals surface area (Å²) in [5.41, 5.74) is 3.70. The fourth-order valence-corrected chi connectivity index (χ4v) is 5.41. The van der Waals surface area contributed by atoms with Crippen LogP contribution in [0.2, 0.25) is 0 Å². The Morgan fingerprint density at radius 1 is 0.703 bits per heavy atom. The summed E-state index contributed by atoms with van der Waals surface area (Å²) in [7, 11) is 2.92. The molecule has 6 nitrogen and oxygen atoms in total. The summed E-state index contributed by atoms with van der Waals surface area (Å²) >= 11 is 0. The fourth-order valence-electron chi connectivity index (χ4n) is 5.41. The van der Waals surface area contributed by atoms with Crippen LogP contribution in [-0.2, 0) is 25.6 Å². The Balaban J connectivity index is 0.000000186. The summed E-state index contributed by atoms with van der Waals surface area (Å²) in [4.78, 5) is 26.0. The number of likely N-dealkylation sites (tertiary alicyclic amines) is 1. The van der Waals surface area contributed by atoms with E-state index < -0.39 is 0 Å². The molecule has 4 atom stereocenters. The zero-order chi connectivity index (χ0) is 26.0. The number of carbonyl (C=O) groups is 2. The Labute approximate surface area is 219 Å². The average molecular weight is 501 g/mol. The van der Waals surface area contributed by atoms with Crippen molar-refractivity contribution in [3.05, 3.63) is 108 Å². The molecule has 1 N–H and O–H groups in total. The second-order valence-corrected chi connectivity index (χ2v) is 9.63. The van der Waals surface area contributed by atoms with Crippen LogP contribution < -0.4 is 5.32 Å². The second-order valence-electron chi connectivity index (χ2n) is 9.63. The molecular formula is C31H36N2O4. The van der Waals surface area contributed by atoms with Crippen molar-refractivity contribution in [1.82, 2.24) is 10.2 Å². The number of hydrogen-bond donors (Lipinski definition) is 1. The number of nitrogens with one attached hydrogen (secondary N) is 1. The third-order valence-corrected chi connectivity index (χ3v) is 7.32. The predicted molar refractivity (Wildman–Crippen MR) is 144 cm³/mol. The summed E-state index contributed by atoms with van der Waals surface area (Å²) in [5.74, 6) is 0.0998. The summed E-state index contributed by atoms with van der Waals surface area (Å²) < 4.78 is 9.83.